The fourth-order valence-corrected chi connectivity index (χ4v) is 2.52. The molecule has 0 bridgehead atoms. The highest BCUT2D eigenvalue weighted by Crippen LogP contribution is 2.50. The van der Waals surface area contributed by atoms with E-state index in [1.54, 1.807) is 12.1 Å². The molecule has 1 amide bonds. The van der Waals surface area contributed by atoms with Gasteiger partial charge in [-0.3, -0.25) is 4.79 Å². The van der Waals surface area contributed by atoms with E-state index in [1.807, 2.05) is 0 Å². The molecule has 2 aromatic carbocycles. The Morgan fingerprint density at radius 2 is 1.73 bits per heavy atom. The van der Waals surface area contributed by atoms with Crippen LogP contribution in [-0.2, 0) is 5.67 Å². The summed E-state index contributed by atoms with van der Waals surface area (Å²) in [5.74, 6) is -2.92. The minimum Gasteiger partial charge on any atom is -0.345 e. The second-order valence-electron chi connectivity index (χ2n) is 5.20. The third-order valence-corrected chi connectivity index (χ3v) is 3.96. The van der Waals surface area contributed by atoms with Gasteiger partial charge >= 0.3 is 0 Å². The minimum absolute atomic E-state index is 0.0520. The van der Waals surface area contributed by atoms with Crippen molar-refractivity contribution in [3.63, 3.8) is 0 Å². The fraction of sp³-hybridized carbons (Fsp3) is 0.188. The van der Waals surface area contributed by atoms with Gasteiger partial charge in [-0.05, 0) is 29.8 Å². The van der Waals surface area contributed by atoms with E-state index in [4.69, 9.17) is 11.6 Å². The first-order valence-corrected chi connectivity index (χ1v) is 6.99. The molecule has 0 heterocycles. The molecule has 2 nitrogen and oxygen atoms in total. The molecule has 1 aliphatic rings. The molecule has 2 atom stereocenters. The first kappa shape index (κ1) is 14.9. The topological polar surface area (TPSA) is 29.1 Å². The summed E-state index contributed by atoms with van der Waals surface area (Å²) in [5, 5.41) is 2.80. The monoisotopic (exact) mass is 325 g/mol. The highest BCUT2D eigenvalue weighted by molar-refractivity contribution is 6.30. The third kappa shape index (κ3) is 2.57. The van der Waals surface area contributed by atoms with Crippen molar-refractivity contribution < 1.29 is 18.0 Å². The van der Waals surface area contributed by atoms with E-state index in [2.05, 4.69) is 5.32 Å². The Labute approximate surface area is 129 Å². The van der Waals surface area contributed by atoms with Gasteiger partial charge in [-0.2, -0.15) is 0 Å². The van der Waals surface area contributed by atoms with Crippen LogP contribution in [0.15, 0.2) is 42.5 Å². The van der Waals surface area contributed by atoms with Gasteiger partial charge in [0.1, 0.15) is 17.2 Å². The number of hydrogen-bond acceptors (Lipinski definition) is 1. The summed E-state index contributed by atoms with van der Waals surface area (Å²) in [4.78, 5) is 11.9. The smallest absolute Gasteiger partial charge is 0.257 e. The van der Waals surface area contributed by atoms with Gasteiger partial charge in [0.15, 0.2) is 5.67 Å². The summed E-state index contributed by atoms with van der Waals surface area (Å²) < 4.78 is 41.7. The van der Waals surface area contributed by atoms with Crippen LogP contribution in [0.25, 0.3) is 0 Å². The number of nitrogens with one attached hydrogen (secondary N) is 1. The molecule has 0 aromatic heterocycles. The molecule has 0 aliphatic heterocycles. The highest BCUT2D eigenvalue weighted by atomic mass is 35.5. The van der Waals surface area contributed by atoms with E-state index < -0.39 is 34.8 Å². The van der Waals surface area contributed by atoms with Gasteiger partial charge in [-0.25, -0.2) is 13.2 Å². The molecule has 1 saturated carbocycles. The van der Waals surface area contributed by atoms with Gasteiger partial charge in [0.2, 0.25) is 0 Å². The average Bonchev–Trinajstić information content (AvgIpc) is 3.10. The predicted octanol–water partition coefficient (Wildman–Crippen LogP) is 3.99. The Morgan fingerprint density at radius 3 is 2.32 bits per heavy atom. The molecule has 1 N–H and O–H groups in total. The number of amides is 1. The molecule has 1 aliphatic carbocycles. The number of halogens is 4. The Kier molecular flexibility index (Phi) is 3.60. The van der Waals surface area contributed by atoms with Crippen LogP contribution in [0.2, 0.25) is 5.02 Å². The van der Waals surface area contributed by atoms with E-state index in [0.717, 1.165) is 18.2 Å². The fourth-order valence-electron chi connectivity index (χ4n) is 2.39. The second kappa shape index (κ2) is 5.32. The number of rotatable bonds is 3. The summed E-state index contributed by atoms with van der Waals surface area (Å²) in [6.07, 6.45) is 0.0520. The lowest BCUT2D eigenvalue weighted by Gasteiger charge is -2.10. The standard InChI is InChI=1S/C16H11ClF3NO/c17-10-6-4-9(5-7-10)16(20)8-13(16)21-15(22)14-11(18)2-1-3-12(14)19/h1-7,13H,8H2,(H,21,22)/t13-,16+/m1/s1. The lowest BCUT2D eigenvalue weighted by Crippen LogP contribution is -2.31. The zero-order valence-electron chi connectivity index (χ0n) is 11.2. The lowest BCUT2D eigenvalue weighted by atomic mass is 10.1. The Hall–Kier alpha value is -2.01. The van der Waals surface area contributed by atoms with E-state index in [9.17, 15) is 18.0 Å². The zero-order chi connectivity index (χ0) is 15.9. The Morgan fingerprint density at radius 1 is 1.14 bits per heavy atom. The molecular weight excluding hydrogens is 315 g/mol. The van der Waals surface area contributed by atoms with Crippen molar-refractivity contribution in [1.29, 1.82) is 0 Å². The number of hydrogen-bond donors (Lipinski definition) is 1. The van der Waals surface area contributed by atoms with Crippen molar-refractivity contribution >= 4 is 17.5 Å². The van der Waals surface area contributed by atoms with Crippen LogP contribution < -0.4 is 5.32 Å². The maximum Gasteiger partial charge on any atom is 0.257 e. The van der Waals surface area contributed by atoms with Crippen LogP contribution >= 0.6 is 11.6 Å². The van der Waals surface area contributed by atoms with Gasteiger partial charge in [0.05, 0.1) is 6.04 Å². The predicted molar refractivity (Wildman–Crippen MR) is 76.5 cm³/mol. The largest absolute Gasteiger partial charge is 0.345 e. The van der Waals surface area contributed by atoms with Crippen molar-refractivity contribution in [2.45, 2.75) is 18.1 Å². The molecular formula is C16H11ClF3NO. The van der Waals surface area contributed by atoms with Crippen molar-refractivity contribution in [3.05, 3.63) is 70.2 Å². The number of carbonyl (C=O) groups is 1. The number of benzene rings is 2. The minimum atomic E-state index is -1.73. The summed E-state index contributed by atoms with van der Waals surface area (Å²) in [6, 6.07) is 8.44. The van der Waals surface area contributed by atoms with Gasteiger partial charge in [-0.15, -0.1) is 0 Å². The van der Waals surface area contributed by atoms with Gasteiger partial charge in [-0.1, -0.05) is 29.8 Å². The summed E-state index contributed by atoms with van der Waals surface area (Å²) in [5.41, 5.74) is -2.06. The van der Waals surface area contributed by atoms with Crippen molar-refractivity contribution in [2.24, 2.45) is 0 Å². The summed E-state index contributed by atoms with van der Waals surface area (Å²) >= 11 is 5.74. The average molecular weight is 326 g/mol. The molecule has 0 radical (unpaired) electrons. The molecule has 3 rings (SSSR count). The maximum absolute atomic E-state index is 14.7. The number of carbonyl (C=O) groups excluding carboxylic acids is 1. The molecule has 22 heavy (non-hydrogen) atoms. The lowest BCUT2D eigenvalue weighted by molar-refractivity contribution is 0.0931. The first-order chi connectivity index (χ1) is 10.4. The quantitative estimate of drug-likeness (QED) is 0.908. The van der Waals surface area contributed by atoms with Crippen LogP contribution in [0.1, 0.15) is 22.3 Å². The van der Waals surface area contributed by atoms with E-state index in [-0.39, 0.29) is 6.42 Å². The van der Waals surface area contributed by atoms with Crippen LogP contribution in [0.3, 0.4) is 0 Å². The molecule has 0 unspecified atom stereocenters. The van der Waals surface area contributed by atoms with Gasteiger partial charge in [0, 0.05) is 11.4 Å². The zero-order valence-corrected chi connectivity index (χ0v) is 12.0. The van der Waals surface area contributed by atoms with Crippen LogP contribution in [0, 0.1) is 11.6 Å². The molecule has 1 fully saturated rings. The van der Waals surface area contributed by atoms with E-state index >= 15 is 0 Å². The van der Waals surface area contributed by atoms with E-state index in [0.29, 0.717) is 10.6 Å². The first-order valence-electron chi connectivity index (χ1n) is 6.61. The summed E-state index contributed by atoms with van der Waals surface area (Å²) in [6.45, 7) is 0. The molecule has 2 aromatic rings. The highest BCUT2D eigenvalue weighted by Gasteiger charge is 2.57. The van der Waals surface area contributed by atoms with Crippen LogP contribution in [0.5, 0.6) is 0 Å². The normalized spacial score (nSPS) is 23.2. The molecule has 0 spiro atoms. The third-order valence-electron chi connectivity index (χ3n) is 3.71. The second-order valence-corrected chi connectivity index (χ2v) is 5.63. The van der Waals surface area contributed by atoms with Crippen molar-refractivity contribution in [3.8, 4) is 0 Å². The van der Waals surface area contributed by atoms with E-state index in [1.165, 1.54) is 12.1 Å². The maximum atomic E-state index is 14.7. The van der Waals surface area contributed by atoms with Crippen molar-refractivity contribution in [2.75, 3.05) is 0 Å². The van der Waals surface area contributed by atoms with Crippen molar-refractivity contribution in [1.82, 2.24) is 5.32 Å². The van der Waals surface area contributed by atoms with Crippen LogP contribution in [-0.4, -0.2) is 11.9 Å². The Bertz CT molecular complexity index is 714. The summed E-state index contributed by atoms with van der Waals surface area (Å²) in [7, 11) is 0. The SMILES string of the molecule is O=C(N[C@@H]1C[C@]1(F)c1ccc(Cl)cc1)c1c(F)cccc1F. The molecule has 0 saturated heterocycles. The molecule has 114 valence electrons. The van der Waals surface area contributed by atoms with Crippen LogP contribution in [0.4, 0.5) is 13.2 Å². The van der Waals surface area contributed by atoms with Gasteiger partial charge in [0.25, 0.3) is 5.91 Å². The molecule has 6 heteroatoms. The van der Waals surface area contributed by atoms with Gasteiger partial charge < -0.3 is 5.32 Å². The Balaban J connectivity index is 1.76. The number of alkyl halides is 1.